The molecule has 0 aromatic carbocycles. The summed E-state index contributed by atoms with van der Waals surface area (Å²) in [6, 6.07) is 0. The van der Waals surface area contributed by atoms with Crippen LogP contribution in [0.2, 0.25) is 5.02 Å². The third-order valence-corrected chi connectivity index (χ3v) is 2.93. The minimum Gasteiger partial charge on any atom is -0.480 e. The number of thioether (sulfide) groups is 1. The number of hydrogen-bond acceptors (Lipinski definition) is 5. The number of hydrogen-bond donors (Lipinski definition) is 1. The Hall–Kier alpha value is -1.55. The average molecular weight is 344 g/mol. The van der Waals surface area contributed by atoms with Crippen molar-refractivity contribution < 1.29 is 27.9 Å². The van der Waals surface area contributed by atoms with Crippen LogP contribution in [0.1, 0.15) is 10.5 Å². The number of aliphatic carboxylic acids is 1. The minimum absolute atomic E-state index is 0.112. The number of alkyl halides is 3. The van der Waals surface area contributed by atoms with E-state index in [9.17, 15) is 22.8 Å². The van der Waals surface area contributed by atoms with E-state index < -0.39 is 36.8 Å². The first-order chi connectivity index (χ1) is 9.64. The molecular formula is C10H9ClF3N3O3S. The fourth-order valence-corrected chi connectivity index (χ4v) is 1.84. The Morgan fingerprint density at radius 3 is 2.57 bits per heavy atom. The second-order valence-electron chi connectivity index (χ2n) is 3.72. The Kier molecular flexibility index (Phi) is 5.78. The lowest BCUT2D eigenvalue weighted by Gasteiger charge is -2.22. The number of amides is 1. The van der Waals surface area contributed by atoms with Gasteiger partial charge in [0.15, 0.2) is 10.9 Å². The minimum atomic E-state index is -4.74. The van der Waals surface area contributed by atoms with E-state index in [1.807, 2.05) is 0 Å². The Balaban J connectivity index is 3.12. The van der Waals surface area contributed by atoms with Crippen LogP contribution in [0.25, 0.3) is 0 Å². The van der Waals surface area contributed by atoms with E-state index in [0.29, 0.717) is 0 Å². The number of carboxylic acid groups (broad SMARTS) is 1. The van der Waals surface area contributed by atoms with Gasteiger partial charge in [-0.3, -0.25) is 9.59 Å². The van der Waals surface area contributed by atoms with Crippen molar-refractivity contribution >= 4 is 35.2 Å². The molecule has 21 heavy (non-hydrogen) atoms. The number of carboxylic acids is 1. The van der Waals surface area contributed by atoms with Crippen LogP contribution in [0, 0.1) is 0 Å². The van der Waals surface area contributed by atoms with Gasteiger partial charge in [0.25, 0.3) is 5.91 Å². The van der Waals surface area contributed by atoms with Crippen molar-refractivity contribution in [2.75, 3.05) is 19.3 Å². The summed E-state index contributed by atoms with van der Waals surface area (Å²) in [4.78, 5) is 30.2. The van der Waals surface area contributed by atoms with Gasteiger partial charge in [-0.1, -0.05) is 23.4 Å². The Morgan fingerprint density at radius 2 is 2.10 bits per heavy atom. The quantitative estimate of drug-likeness (QED) is 0.650. The largest absolute Gasteiger partial charge is 0.480 e. The van der Waals surface area contributed by atoms with Crippen LogP contribution in [-0.4, -0.2) is 57.4 Å². The van der Waals surface area contributed by atoms with Crippen molar-refractivity contribution in [3.63, 3.8) is 0 Å². The molecule has 1 aromatic heterocycles. The summed E-state index contributed by atoms with van der Waals surface area (Å²) in [5.41, 5.74) is -0.471. The number of halogens is 4. The number of nitrogens with zero attached hydrogens (tertiary/aromatic N) is 3. The molecule has 1 heterocycles. The molecule has 1 rings (SSSR count). The topological polar surface area (TPSA) is 83.4 Å². The summed E-state index contributed by atoms with van der Waals surface area (Å²) < 4.78 is 37.3. The number of carbonyl (C=O) groups is 2. The molecular weight excluding hydrogens is 335 g/mol. The summed E-state index contributed by atoms with van der Waals surface area (Å²) in [6.07, 6.45) is -2.07. The molecule has 0 radical (unpaired) electrons. The van der Waals surface area contributed by atoms with Gasteiger partial charge in [0.05, 0.1) is 11.2 Å². The van der Waals surface area contributed by atoms with Gasteiger partial charge in [0.2, 0.25) is 0 Å². The zero-order chi connectivity index (χ0) is 16.2. The molecule has 0 atom stereocenters. The smallest absolute Gasteiger partial charge is 0.406 e. The molecule has 1 amide bonds. The molecule has 1 N–H and O–H groups in total. The molecule has 0 aliphatic rings. The summed E-state index contributed by atoms with van der Waals surface area (Å²) >= 11 is 6.75. The zero-order valence-electron chi connectivity index (χ0n) is 10.5. The van der Waals surface area contributed by atoms with Crippen molar-refractivity contribution in [3.05, 3.63) is 16.9 Å². The van der Waals surface area contributed by atoms with Crippen molar-refractivity contribution in [3.8, 4) is 0 Å². The normalized spacial score (nSPS) is 11.3. The van der Waals surface area contributed by atoms with Gasteiger partial charge in [0.1, 0.15) is 13.1 Å². The highest BCUT2D eigenvalue weighted by atomic mass is 35.5. The number of rotatable bonds is 5. The third kappa shape index (κ3) is 5.38. The second-order valence-corrected chi connectivity index (χ2v) is 4.90. The highest BCUT2D eigenvalue weighted by Gasteiger charge is 2.35. The molecule has 0 unspecified atom stereocenters. The fraction of sp³-hybridized carbons (Fsp3) is 0.400. The predicted molar refractivity (Wildman–Crippen MR) is 68.4 cm³/mol. The maximum Gasteiger partial charge on any atom is 0.406 e. The molecule has 0 aliphatic heterocycles. The molecule has 1 aromatic rings. The van der Waals surface area contributed by atoms with Gasteiger partial charge in [-0.2, -0.15) is 13.2 Å². The van der Waals surface area contributed by atoms with Crippen molar-refractivity contribution in [1.82, 2.24) is 14.9 Å². The monoisotopic (exact) mass is 343 g/mol. The van der Waals surface area contributed by atoms with E-state index in [-0.39, 0.29) is 15.1 Å². The van der Waals surface area contributed by atoms with Crippen LogP contribution in [0.5, 0.6) is 0 Å². The van der Waals surface area contributed by atoms with Crippen molar-refractivity contribution in [1.29, 1.82) is 0 Å². The van der Waals surface area contributed by atoms with Crippen molar-refractivity contribution in [2.24, 2.45) is 0 Å². The lowest BCUT2D eigenvalue weighted by molar-refractivity contribution is -0.149. The van der Waals surface area contributed by atoms with Crippen LogP contribution >= 0.6 is 23.4 Å². The number of carbonyl (C=O) groups excluding carboxylic acids is 1. The Labute approximate surface area is 126 Å². The standard InChI is InChI=1S/C10H9ClF3N3O3S/c1-21-9-15-2-5(11)7(16-9)8(20)17(3-6(18)19)4-10(12,13)14/h2H,3-4H2,1H3,(H,18,19). The van der Waals surface area contributed by atoms with Gasteiger partial charge in [-0.25, -0.2) is 9.97 Å². The molecule has 0 saturated carbocycles. The average Bonchev–Trinajstić information content (AvgIpc) is 2.35. The molecule has 0 fully saturated rings. The maximum absolute atomic E-state index is 12.4. The van der Waals surface area contributed by atoms with E-state index in [1.54, 1.807) is 6.26 Å². The third-order valence-electron chi connectivity index (χ3n) is 2.09. The van der Waals surface area contributed by atoms with Gasteiger partial charge in [-0.05, 0) is 6.26 Å². The van der Waals surface area contributed by atoms with Gasteiger partial charge in [0, 0.05) is 0 Å². The molecule has 6 nitrogen and oxygen atoms in total. The second kappa shape index (κ2) is 6.94. The van der Waals surface area contributed by atoms with E-state index >= 15 is 0 Å². The molecule has 116 valence electrons. The van der Waals surface area contributed by atoms with Gasteiger partial charge in [-0.15, -0.1) is 0 Å². The van der Waals surface area contributed by atoms with Crippen LogP contribution in [0.3, 0.4) is 0 Å². The first-order valence-electron chi connectivity index (χ1n) is 5.28. The van der Waals surface area contributed by atoms with Gasteiger partial charge >= 0.3 is 12.1 Å². The predicted octanol–water partition coefficient (Wildman–Crippen LogP) is 1.94. The van der Waals surface area contributed by atoms with E-state index in [2.05, 4.69) is 9.97 Å². The summed E-state index contributed by atoms with van der Waals surface area (Å²) in [6.45, 7) is -2.83. The highest BCUT2D eigenvalue weighted by Crippen LogP contribution is 2.21. The van der Waals surface area contributed by atoms with E-state index in [1.165, 1.54) is 0 Å². The lowest BCUT2D eigenvalue weighted by atomic mass is 10.3. The lowest BCUT2D eigenvalue weighted by Crippen LogP contribution is -2.42. The first-order valence-corrected chi connectivity index (χ1v) is 6.88. The number of aromatic nitrogens is 2. The fourth-order valence-electron chi connectivity index (χ4n) is 1.33. The van der Waals surface area contributed by atoms with E-state index in [0.717, 1.165) is 18.0 Å². The summed E-state index contributed by atoms with van der Waals surface area (Å²) in [5.74, 6) is -2.81. The highest BCUT2D eigenvalue weighted by molar-refractivity contribution is 7.98. The zero-order valence-corrected chi connectivity index (χ0v) is 12.1. The van der Waals surface area contributed by atoms with E-state index in [4.69, 9.17) is 16.7 Å². The van der Waals surface area contributed by atoms with Crippen LogP contribution < -0.4 is 0 Å². The molecule has 11 heteroatoms. The van der Waals surface area contributed by atoms with Crippen LogP contribution in [0.15, 0.2) is 11.4 Å². The molecule has 0 bridgehead atoms. The molecule has 0 spiro atoms. The Morgan fingerprint density at radius 1 is 1.48 bits per heavy atom. The maximum atomic E-state index is 12.4. The van der Waals surface area contributed by atoms with Gasteiger partial charge < -0.3 is 10.0 Å². The SMILES string of the molecule is CSc1ncc(Cl)c(C(=O)N(CC(=O)O)CC(F)(F)F)n1. The van der Waals surface area contributed by atoms with Crippen molar-refractivity contribution in [2.45, 2.75) is 11.3 Å². The summed E-state index contributed by atoms with van der Waals surface area (Å²) in [7, 11) is 0. The van der Waals surface area contributed by atoms with Crippen LogP contribution in [0.4, 0.5) is 13.2 Å². The Bertz CT molecular complexity index is 556. The summed E-state index contributed by atoms with van der Waals surface area (Å²) in [5, 5.41) is 8.49. The first kappa shape index (κ1) is 17.5. The van der Waals surface area contributed by atoms with Crippen LogP contribution in [-0.2, 0) is 4.79 Å². The molecule has 0 saturated heterocycles. The molecule has 0 aliphatic carbocycles.